The zero-order valence-corrected chi connectivity index (χ0v) is 11.4. The number of aryl methyl sites for hydroxylation is 1. The molecule has 92 valence electrons. The second-order valence-electron chi connectivity index (χ2n) is 3.79. The molecule has 5 heteroatoms. The van der Waals surface area contributed by atoms with E-state index in [4.69, 9.17) is 0 Å². The molecule has 0 atom stereocenters. The lowest BCUT2D eigenvalue weighted by molar-refractivity contribution is -0.111. The van der Waals surface area contributed by atoms with Crippen molar-refractivity contribution in [2.75, 3.05) is 5.32 Å². The van der Waals surface area contributed by atoms with E-state index in [1.165, 1.54) is 11.6 Å². The molecule has 0 fully saturated rings. The van der Waals surface area contributed by atoms with Gasteiger partial charge in [-0.2, -0.15) is 0 Å². The molecule has 2 aromatic rings. The highest BCUT2D eigenvalue weighted by Gasteiger charge is 2.00. The topological polar surface area (TPSA) is 57.8 Å². The smallest absolute Gasteiger partial charge is 0.250 e. The van der Waals surface area contributed by atoms with Gasteiger partial charge in [0.15, 0.2) is 0 Å². The fraction of sp³-hybridized carbons (Fsp3) is 0.0769. The van der Waals surface area contributed by atoms with Gasteiger partial charge in [-0.3, -0.25) is 10.1 Å². The minimum absolute atomic E-state index is 0.225. The predicted octanol–water partition coefficient (Wildman–Crippen LogP) is 3.13. The minimum atomic E-state index is -0.225. The Labute approximate surface area is 113 Å². The van der Waals surface area contributed by atoms with Crippen molar-refractivity contribution in [3.63, 3.8) is 0 Å². The molecule has 4 nitrogen and oxygen atoms in total. The molecule has 0 saturated carbocycles. The molecule has 0 bridgehead atoms. The summed E-state index contributed by atoms with van der Waals surface area (Å²) >= 11 is 3.46. The van der Waals surface area contributed by atoms with Gasteiger partial charge in [0.2, 0.25) is 5.95 Å². The van der Waals surface area contributed by atoms with E-state index in [-0.39, 0.29) is 5.91 Å². The molecule has 1 amide bonds. The Hall–Kier alpha value is -1.88. The number of nitrogens with zero attached hydrogens (tertiary/aromatic N) is 1. The summed E-state index contributed by atoms with van der Waals surface area (Å²) in [5.74, 6) is 0.213. The number of anilines is 1. The maximum Gasteiger partial charge on any atom is 0.250 e. The summed E-state index contributed by atoms with van der Waals surface area (Å²) in [6.07, 6.45) is 6.45. The van der Waals surface area contributed by atoms with E-state index < -0.39 is 0 Å². The van der Waals surface area contributed by atoms with Gasteiger partial charge in [-0.15, -0.1) is 0 Å². The van der Waals surface area contributed by atoms with Crippen molar-refractivity contribution >= 4 is 33.9 Å². The number of H-pyrrole nitrogens is 1. The molecule has 0 unspecified atom stereocenters. The summed E-state index contributed by atoms with van der Waals surface area (Å²) < 4.78 is 0.963. The van der Waals surface area contributed by atoms with Gasteiger partial charge in [-0.25, -0.2) is 4.98 Å². The maximum absolute atomic E-state index is 11.6. The van der Waals surface area contributed by atoms with Gasteiger partial charge >= 0.3 is 0 Å². The number of carbonyl (C=O) groups is 1. The molecule has 0 aliphatic carbocycles. The Morgan fingerprint density at radius 2 is 2.33 bits per heavy atom. The van der Waals surface area contributed by atoms with E-state index in [1.54, 1.807) is 18.5 Å². The van der Waals surface area contributed by atoms with Gasteiger partial charge in [-0.1, -0.05) is 28.1 Å². The van der Waals surface area contributed by atoms with Crippen molar-refractivity contribution in [3.05, 3.63) is 52.3 Å². The number of carbonyl (C=O) groups excluding carboxylic acids is 1. The number of nitrogens with one attached hydrogen (secondary N) is 2. The van der Waals surface area contributed by atoms with Gasteiger partial charge in [-0.05, 0) is 30.2 Å². The molecule has 1 aromatic carbocycles. The van der Waals surface area contributed by atoms with Crippen LogP contribution < -0.4 is 5.32 Å². The van der Waals surface area contributed by atoms with Gasteiger partial charge in [0.1, 0.15) is 0 Å². The summed E-state index contributed by atoms with van der Waals surface area (Å²) in [5, 5.41) is 2.62. The SMILES string of the molecule is Cc1ccc(C=CC(=O)Nc2ncc[nH]2)c(Br)c1. The number of hydrogen-bond acceptors (Lipinski definition) is 2. The van der Waals surface area contributed by atoms with Crippen LogP contribution in [0.3, 0.4) is 0 Å². The Morgan fingerprint density at radius 3 is 3.00 bits per heavy atom. The summed E-state index contributed by atoms with van der Waals surface area (Å²) in [7, 11) is 0. The van der Waals surface area contributed by atoms with Crippen LogP contribution in [0.2, 0.25) is 0 Å². The van der Waals surface area contributed by atoms with Crippen LogP contribution in [0.5, 0.6) is 0 Å². The first-order valence-electron chi connectivity index (χ1n) is 5.40. The first-order chi connectivity index (χ1) is 8.65. The molecule has 0 saturated heterocycles. The Kier molecular flexibility index (Phi) is 3.94. The first kappa shape index (κ1) is 12.6. The van der Waals surface area contributed by atoms with Crippen LogP contribution in [0, 0.1) is 6.92 Å². The third-order valence-electron chi connectivity index (χ3n) is 2.31. The lowest BCUT2D eigenvalue weighted by Gasteiger charge is -2.00. The van der Waals surface area contributed by atoms with E-state index in [0.29, 0.717) is 5.95 Å². The Morgan fingerprint density at radius 1 is 1.50 bits per heavy atom. The Balaban J connectivity index is 2.04. The van der Waals surface area contributed by atoms with Crippen LogP contribution in [0.25, 0.3) is 6.08 Å². The molecule has 2 N–H and O–H groups in total. The number of aromatic nitrogens is 2. The monoisotopic (exact) mass is 305 g/mol. The van der Waals surface area contributed by atoms with Crippen LogP contribution in [0.4, 0.5) is 5.95 Å². The molecule has 18 heavy (non-hydrogen) atoms. The second kappa shape index (κ2) is 5.64. The predicted molar refractivity (Wildman–Crippen MR) is 75.1 cm³/mol. The largest absolute Gasteiger partial charge is 0.331 e. The number of halogens is 1. The van der Waals surface area contributed by atoms with Crippen LogP contribution in [-0.2, 0) is 4.79 Å². The van der Waals surface area contributed by atoms with Crippen molar-refractivity contribution in [2.24, 2.45) is 0 Å². The van der Waals surface area contributed by atoms with E-state index >= 15 is 0 Å². The van der Waals surface area contributed by atoms with Crippen LogP contribution in [0.1, 0.15) is 11.1 Å². The third-order valence-corrected chi connectivity index (χ3v) is 3.00. The zero-order valence-electron chi connectivity index (χ0n) is 9.77. The molecular formula is C13H12BrN3O. The molecule has 0 aliphatic rings. The average molecular weight is 306 g/mol. The lowest BCUT2D eigenvalue weighted by atomic mass is 10.1. The normalized spacial score (nSPS) is 10.8. The molecule has 1 heterocycles. The quantitative estimate of drug-likeness (QED) is 0.856. The van der Waals surface area contributed by atoms with Crippen LogP contribution in [-0.4, -0.2) is 15.9 Å². The molecule has 0 spiro atoms. The number of aromatic amines is 1. The summed E-state index contributed by atoms with van der Waals surface area (Å²) in [5.41, 5.74) is 2.12. The van der Waals surface area contributed by atoms with E-state index in [2.05, 4.69) is 31.2 Å². The third kappa shape index (κ3) is 3.30. The summed E-state index contributed by atoms with van der Waals surface area (Å²) in [6.45, 7) is 2.02. The minimum Gasteiger partial charge on any atom is -0.331 e. The van der Waals surface area contributed by atoms with E-state index in [9.17, 15) is 4.79 Å². The van der Waals surface area contributed by atoms with Crippen molar-refractivity contribution in [1.82, 2.24) is 9.97 Å². The average Bonchev–Trinajstić information content (AvgIpc) is 2.80. The fourth-order valence-electron chi connectivity index (χ4n) is 1.42. The standard InChI is InChI=1S/C13H12BrN3O/c1-9-2-3-10(11(14)8-9)4-5-12(18)17-13-15-6-7-16-13/h2-8H,1H3,(H2,15,16,17,18). The van der Waals surface area contributed by atoms with Crippen LogP contribution >= 0.6 is 15.9 Å². The van der Waals surface area contributed by atoms with Crippen LogP contribution in [0.15, 0.2) is 41.1 Å². The Bertz CT molecular complexity index is 576. The molecule has 2 rings (SSSR count). The summed E-state index contributed by atoms with van der Waals surface area (Å²) in [4.78, 5) is 18.3. The van der Waals surface area contributed by atoms with Gasteiger partial charge < -0.3 is 4.98 Å². The first-order valence-corrected chi connectivity index (χ1v) is 6.19. The van der Waals surface area contributed by atoms with Crippen molar-refractivity contribution in [3.8, 4) is 0 Å². The van der Waals surface area contributed by atoms with Crippen molar-refractivity contribution in [2.45, 2.75) is 6.92 Å². The number of amides is 1. The molecular weight excluding hydrogens is 294 g/mol. The highest BCUT2D eigenvalue weighted by atomic mass is 79.9. The molecule has 0 radical (unpaired) electrons. The molecule has 0 aliphatic heterocycles. The summed E-state index contributed by atoms with van der Waals surface area (Å²) in [6, 6.07) is 5.95. The van der Waals surface area contributed by atoms with Gasteiger partial charge in [0, 0.05) is 22.9 Å². The second-order valence-corrected chi connectivity index (χ2v) is 4.64. The number of imidazole rings is 1. The van der Waals surface area contributed by atoms with Gasteiger partial charge in [0.05, 0.1) is 0 Å². The van der Waals surface area contributed by atoms with Crippen molar-refractivity contribution in [1.29, 1.82) is 0 Å². The van der Waals surface area contributed by atoms with Crippen molar-refractivity contribution < 1.29 is 4.79 Å². The number of hydrogen-bond donors (Lipinski definition) is 2. The highest BCUT2D eigenvalue weighted by Crippen LogP contribution is 2.19. The van der Waals surface area contributed by atoms with Gasteiger partial charge in [0.25, 0.3) is 5.91 Å². The fourth-order valence-corrected chi connectivity index (χ4v) is 2.05. The van der Waals surface area contributed by atoms with E-state index in [0.717, 1.165) is 10.0 Å². The number of rotatable bonds is 3. The van der Waals surface area contributed by atoms with E-state index in [1.807, 2.05) is 25.1 Å². The zero-order chi connectivity index (χ0) is 13.0. The lowest BCUT2D eigenvalue weighted by Crippen LogP contribution is -2.08. The maximum atomic E-state index is 11.6. The highest BCUT2D eigenvalue weighted by molar-refractivity contribution is 9.10. The molecule has 1 aromatic heterocycles. The number of benzene rings is 1.